The number of aromatic nitrogens is 2. The number of hydrogen-bond acceptors (Lipinski definition) is 8. The molecular weight excluding hydrogens is 482 g/mol. The lowest BCUT2D eigenvalue weighted by atomic mass is 9.99. The second-order valence-corrected chi connectivity index (χ2v) is 10.2. The summed E-state index contributed by atoms with van der Waals surface area (Å²) in [5.74, 6) is 1.86. The van der Waals surface area contributed by atoms with Gasteiger partial charge in [-0.2, -0.15) is 0 Å². The van der Waals surface area contributed by atoms with Crippen molar-refractivity contribution < 1.29 is 19.0 Å². The lowest BCUT2D eigenvalue weighted by molar-refractivity contribution is -0.107. The maximum absolute atomic E-state index is 12.2. The van der Waals surface area contributed by atoms with Crippen molar-refractivity contribution in [1.29, 1.82) is 0 Å². The number of likely N-dealkylation sites (tertiary alicyclic amines) is 1. The van der Waals surface area contributed by atoms with Gasteiger partial charge in [0.15, 0.2) is 0 Å². The molecule has 0 aliphatic carbocycles. The van der Waals surface area contributed by atoms with Gasteiger partial charge in [0.25, 0.3) is 0 Å². The summed E-state index contributed by atoms with van der Waals surface area (Å²) in [5, 5.41) is 0.779. The van der Waals surface area contributed by atoms with Crippen LogP contribution in [-0.4, -0.2) is 81.4 Å². The Bertz CT molecular complexity index is 1270. The average Bonchev–Trinajstić information content (AvgIpc) is 3.09. The van der Waals surface area contributed by atoms with Crippen molar-refractivity contribution in [2.24, 2.45) is 0 Å². The number of carbonyl (C=O) groups is 1. The molecule has 0 spiro atoms. The van der Waals surface area contributed by atoms with Crippen LogP contribution in [0, 0.1) is 0 Å². The third-order valence-electron chi connectivity index (χ3n) is 7.39. The van der Waals surface area contributed by atoms with Crippen molar-refractivity contribution in [3.63, 3.8) is 0 Å². The smallest absolute Gasteiger partial charge is 0.214 e. The molecule has 1 fully saturated rings. The highest BCUT2D eigenvalue weighted by Gasteiger charge is 2.31. The fraction of sp³-hybridized carbons (Fsp3) is 0.483. The second-order valence-electron chi connectivity index (χ2n) is 10.2. The van der Waals surface area contributed by atoms with E-state index in [-0.39, 0.29) is 6.04 Å². The maximum atomic E-state index is 12.2. The van der Waals surface area contributed by atoms with Gasteiger partial charge >= 0.3 is 0 Å². The zero-order chi connectivity index (χ0) is 26.6. The van der Waals surface area contributed by atoms with E-state index in [1.165, 1.54) is 32.4 Å². The Kier molecular flexibility index (Phi) is 7.83. The largest absolute Gasteiger partial charge is 0.496 e. The van der Waals surface area contributed by atoms with E-state index in [0.717, 1.165) is 47.3 Å². The van der Waals surface area contributed by atoms with Crippen molar-refractivity contribution in [2.45, 2.75) is 38.6 Å². The minimum Gasteiger partial charge on any atom is -0.496 e. The van der Waals surface area contributed by atoms with Gasteiger partial charge in [-0.15, -0.1) is 0 Å². The number of hydrogen-bond donors (Lipinski definition) is 0. The van der Waals surface area contributed by atoms with E-state index >= 15 is 0 Å². The van der Waals surface area contributed by atoms with Gasteiger partial charge in [0.05, 0.1) is 53.8 Å². The molecule has 202 valence electrons. The van der Waals surface area contributed by atoms with Gasteiger partial charge in [0.2, 0.25) is 12.3 Å². The molecule has 1 atom stereocenters. The van der Waals surface area contributed by atoms with Crippen molar-refractivity contribution in [2.75, 3.05) is 63.9 Å². The van der Waals surface area contributed by atoms with Gasteiger partial charge in [-0.3, -0.25) is 9.78 Å². The van der Waals surface area contributed by atoms with E-state index in [9.17, 15) is 4.79 Å². The predicted octanol–water partition coefficient (Wildman–Crippen LogP) is 4.37. The summed E-state index contributed by atoms with van der Waals surface area (Å²) in [6, 6.07) is 5.59. The summed E-state index contributed by atoms with van der Waals surface area (Å²) in [6.45, 7) is 6.40. The normalized spacial score (nSPS) is 17.6. The molecule has 3 aromatic rings. The van der Waals surface area contributed by atoms with Crippen LogP contribution in [0.3, 0.4) is 0 Å². The molecule has 38 heavy (non-hydrogen) atoms. The Morgan fingerprint density at radius 3 is 2.66 bits per heavy atom. The van der Waals surface area contributed by atoms with Crippen molar-refractivity contribution >= 4 is 28.7 Å². The first-order valence-corrected chi connectivity index (χ1v) is 13.4. The topological polar surface area (TPSA) is 80.3 Å². The molecule has 1 amide bonds. The molecule has 0 N–H and O–H groups in total. The minimum absolute atomic E-state index is 0.165. The van der Waals surface area contributed by atoms with Crippen LogP contribution in [0.4, 0.5) is 11.4 Å². The third kappa shape index (κ3) is 5.07. The molecule has 9 heteroatoms. The van der Waals surface area contributed by atoms with Crippen LogP contribution in [0.1, 0.15) is 32.6 Å². The van der Waals surface area contributed by atoms with Crippen LogP contribution in [0.15, 0.2) is 30.6 Å². The quantitative estimate of drug-likeness (QED) is 0.305. The van der Waals surface area contributed by atoms with Crippen molar-refractivity contribution in [3.8, 4) is 28.5 Å². The van der Waals surface area contributed by atoms with Gasteiger partial charge < -0.3 is 28.9 Å². The van der Waals surface area contributed by atoms with Gasteiger partial charge in [0, 0.05) is 44.5 Å². The number of ether oxygens (including phenoxy) is 3. The number of pyridine rings is 2. The first-order chi connectivity index (χ1) is 18.5. The molecule has 5 rings (SSSR count). The molecule has 9 nitrogen and oxygen atoms in total. The van der Waals surface area contributed by atoms with E-state index in [2.05, 4.69) is 9.88 Å². The molecule has 0 saturated carbocycles. The van der Waals surface area contributed by atoms with Gasteiger partial charge in [-0.05, 0) is 45.3 Å². The van der Waals surface area contributed by atoms with Gasteiger partial charge in [-0.1, -0.05) is 6.42 Å². The molecule has 0 bridgehead atoms. The number of amides is 1. The number of nitrogens with zero attached hydrogens (tertiary/aromatic N) is 5. The monoisotopic (exact) mass is 519 g/mol. The lowest BCUT2D eigenvalue weighted by Crippen LogP contribution is -2.36. The Hall–Kier alpha value is -3.59. The van der Waals surface area contributed by atoms with Crippen LogP contribution in [-0.2, 0) is 4.79 Å². The molecule has 1 aromatic carbocycles. The summed E-state index contributed by atoms with van der Waals surface area (Å²) in [4.78, 5) is 27.7. The standard InChI is InChI=1S/C29H37N5O4/c1-20-18-38-29-26(21-9-10-25(31-16-21)37-14-8-13-33-11-6-5-7-12-33)24(36-4)15-22-27(29)28(34(20)19-35)23(17-30-22)32(2)3/h9-10,15-17,19-20H,5-8,11-14,18H2,1-4H3. The molecule has 0 radical (unpaired) electrons. The van der Waals surface area contributed by atoms with Crippen LogP contribution in [0.25, 0.3) is 22.0 Å². The Labute approximate surface area is 224 Å². The first-order valence-electron chi connectivity index (χ1n) is 13.4. The second kappa shape index (κ2) is 11.4. The number of rotatable bonds is 9. The zero-order valence-corrected chi connectivity index (χ0v) is 22.8. The number of benzene rings is 1. The molecule has 2 aliphatic heterocycles. The highest BCUT2D eigenvalue weighted by molar-refractivity contribution is 6.10. The van der Waals surface area contributed by atoms with E-state index in [0.29, 0.717) is 36.1 Å². The Morgan fingerprint density at radius 1 is 1.16 bits per heavy atom. The van der Waals surface area contributed by atoms with Crippen molar-refractivity contribution in [3.05, 3.63) is 30.6 Å². The number of piperidine rings is 1. The van der Waals surface area contributed by atoms with Crippen molar-refractivity contribution in [1.82, 2.24) is 14.9 Å². The maximum Gasteiger partial charge on any atom is 0.214 e. The fourth-order valence-electron chi connectivity index (χ4n) is 5.36. The predicted molar refractivity (Wildman–Crippen MR) is 150 cm³/mol. The minimum atomic E-state index is -0.165. The van der Waals surface area contributed by atoms with Gasteiger partial charge in [0.1, 0.15) is 18.1 Å². The van der Waals surface area contributed by atoms with Crippen LogP contribution >= 0.6 is 0 Å². The van der Waals surface area contributed by atoms with Crippen LogP contribution < -0.4 is 24.0 Å². The van der Waals surface area contributed by atoms with Crippen LogP contribution in [0.5, 0.6) is 17.4 Å². The Balaban J connectivity index is 1.47. The van der Waals surface area contributed by atoms with E-state index in [4.69, 9.17) is 19.2 Å². The highest BCUT2D eigenvalue weighted by atomic mass is 16.5. The SMILES string of the molecule is COc1cc2ncc(N(C)C)c3c2c(c1-c1ccc(OCCCN2CCCCC2)nc1)OCC(C)N3C=O. The first kappa shape index (κ1) is 26.0. The number of methoxy groups -OCH3 is 1. The molecular formula is C29H37N5O4. The summed E-state index contributed by atoms with van der Waals surface area (Å²) >= 11 is 0. The van der Waals surface area contributed by atoms with Crippen LogP contribution in [0.2, 0.25) is 0 Å². The Morgan fingerprint density at radius 2 is 1.97 bits per heavy atom. The third-order valence-corrected chi connectivity index (χ3v) is 7.39. The summed E-state index contributed by atoms with van der Waals surface area (Å²) in [7, 11) is 5.52. The van der Waals surface area contributed by atoms with E-state index < -0.39 is 0 Å². The summed E-state index contributed by atoms with van der Waals surface area (Å²) < 4.78 is 18.1. The molecule has 4 heterocycles. The molecule has 1 unspecified atom stereocenters. The molecule has 2 aromatic heterocycles. The molecule has 2 aliphatic rings. The summed E-state index contributed by atoms with van der Waals surface area (Å²) in [5.41, 5.74) is 3.94. The average molecular weight is 520 g/mol. The summed E-state index contributed by atoms with van der Waals surface area (Å²) in [6.07, 6.45) is 9.37. The number of carbonyl (C=O) groups excluding carboxylic acids is 1. The highest BCUT2D eigenvalue weighted by Crippen LogP contribution is 2.50. The molecule has 1 saturated heterocycles. The fourth-order valence-corrected chi connectivity index (χ4v) is 5.36. The van der Waals surface area contributed by atoms with Gasteiger partial charge in [-0.25, -0.2) is 4.98 Å². The zero-order valence-electron chi connectivity index (χ0n) is 22.8. The lowest BCUT2D eigenvalue weighted by Gasteiger charge is -2.27. The van der Waals surface area contributed by atoms with E-state index in [1.807, 2.05) is 44.1 Å². The number of anilines is 2. The van der Waals surface area contributed by atoms with E-state index in [1.54, 1.807) is 24.4 Å².